The van der Waals surface area contributed by atoms with Crippen LogP contribution in [0.25, 0.3) is 0 Å². The van der Waals surface area contributed by atoms with Crippen molar-refractivity contribution in [2.75, 3.05) is 13.2 Å². The van der Waals surface area contributed by atoms with Gasteiger partial charge in [-0.1, -0.05) is 24.4 Å². The first-order chi connectivity index (χ1) is 10.2. The molecular formula is C15H22N2O4. The number of nitrogens with zero attached hydrogens (tertiary/aromatic N) is 2. The van der Waals surface area contributed by atoms with E-state index in [9.17, 15) is 9.90 Å². The highest BCUT2D eigenvalue weighted by Gasteiger charge is 2.41. The number of aromatic nitrogens is 2. The van der Waals surface area contributed by atoms with E-state index in [2.05, 4.69) is 10.1 Å². The molecule has 6 heteroatoms. The van der Waals surface area contributed by atoms with Crippen molar-refractivity contribution in [3.8, 4) is 0 Å². The van der Waals surface area contributed by atoms with E-state index >= 15 is 0 Å². The van der Waals surface area contributed by atoms with Crippen LogP contribution in [0.4, 0.5) is 0 Å². The highest BCUT2D eigenvalue weighted by molar-refractivity contribution is 5.75. The third-order valence-electron chi connectivity index (χ3n) is 4.76. The fraction of sp³-hybridized carbons (Fsp3) is 0.800. The molecule has 0 radical (unpaired) electrons. The second kappa shape index (κ2) is 6.13. The van der Waals surface area contributed by atoms with E-state index in [0.29, 0.717) is 36.9 Å². The predicted molar refractivity (Wildman–Crippen MR) is 73.8 cm³/mol. The minimum absolute atomic E-state index is 0.358. The van der Waals surface area contributed by atoms with E-state index in [-0.39, 0.29) is 0 Å². The van der Waals surface area contributed by atoms with Gasteiger partial charge in [-0.25, -0.2) is 0 Å². The van der Waals surface area contributed by atoms with E-state index in [0.717, 1.165) is 45.3 Å². The molecule has 0 amide bonds. The first-order valence-electron chi connectivity index (χ1n) is 7.81. The van der Waals surface area contributed by atoms with Crippen LogP contribution < -0.4 is 0 Å². The van der Waals surface area contributed by atoms with Gasteiger partial charge in [-0.3, -0.25) is 4.79 Å². The molecule has 6 nitrogen and oxygen atoms in total. The maximum atomic E-state index is 11.7. The fourth-order valence-corrected chi connectivity index (χ4v) is 3.43. The van der Waals surface area contributed by atoms with E-state index < -0.39 is 11.4 Å². The number of carboxylic acids is 1. The lowest BCUT2D eigenvalue weighted by molar-refractivity contribution is -0.151. The Morgan fingerprint density at radius 2 is 2.14 bits per heavy atom. The molecular weight excluding hydrogens is 272 g/mol. The van der Waals surface area contributed by atoms with Crippen molar-refractivity contribution >= 4 is 5.97 Å². The lowest BCUT2D eigenvalue weighted by Crippen LogP contribution is -2.35. The van der Waals surface area contributed by atoms with Crippen molar-refractivity contribution in [3.05, 3.63) is 11.7 Å². The number of rotatable bonds is 5. The Balaban J connectivity index is 1.66. The molecule has 2 heterocycles. The molecule has 0 aromatic carbocycles. The maximum absolute atomic E-state index is 11.7. The summed E-state index contributed by atoms with van der Waals surface area (Å²) in [5.41, 5.74) is -0.710. The molecule has 1 saturated carbocycles. The standard InChI is InChI=1S/C15H22N2O4/c18-14(19)15(5-2-1-3-6-15)9-13-16-12(17-21-13)8-11-4-7-20-10-11/h11H,1-10H2,(H,18,19). The molecule has 0 bridgehead atoms. The van der Waals surface area contributed by atoms with Crippen molar-refractivity contribution in [1.29, 1.82) is 0 Å². The topological polar surface area (TPSA) is 85.5 Å². The summed E-state index contributed by atoms with van der Waals surface area (Å²) in [4.78, 5) is 16.1. The van der Waals surface area contributed by atoms with Gasteiger partial charge in [-0.05, 0) is 25.2 Å². The van der Waals surface area contributed by atoms with Crippen LogP contribution in [0.15, 0.2) is 4.52 Å². The predicted octanol–water partition coefficient (Wildman–Crippen LogP) is 2.23. The summed E-state index contributed by atoms with van der Waals surface area (Å²) in [7, 11) is 0. The summed E-state index contributed by atoms with van der Waals surface area (Å²) in [5.74, 6) is 0.870. The molecule has 1 atom stereocenters. The zero-order valence-corrected chi connectivity index (χ0v) is 12.2. The van der Waals surface area contributed by atoms with Gasteiger partial charge in [-0.15, -0.1) is 0 Å². The van der Waals surface area contributed by atoms with Gasteiger partial charge in [0.1, 0.15) is 0 Å². The molecule has 1 aromatic heterocycles. The second-order valence-corrected chi connectivity index (χ2v) is 6.36. The molecule has 2 fully saturated rings. The van der Waals surface area contributed by atoms with Gasteiger partial charge < -0.3 is 14.4 Å². The number of hydrogen-bond donors (Lipinski definition) is 1. The monoisotopic (exact) mass is 294 g/mol. The first-order valence-corrected chi connectivity index (χ1v) is 7.81. The number of carboxylic acid groups (broad SMARTS) is 1. The summed E-state index contributed by atoms with van der Waals surface area (Å²) in [5, 5.41) is 13.6. The molecule has 1 aliphatic carbocycles. The molecule has 1 aliphatic heterocycles. The molecule has 116 valence electrons. The number of aliphatic carboxylic acids is 1. The minimum Gasteiger partial charge on any atom is -0.481 e. The lowest BCUT2D eigenvalue weighted by atomic mass is 9.72. The normalized spacial score (nSPS) is 25.0. The van der Waals surface area contributed by atoms with Crippen LogP contribution in [0.2, 0.25) is 0 Å². The van der Waals surface area contributed by atoms with Gasteiger partial charge in [0.2, 0.25) is 5.89 Å². The van der Waals surface area contributed by atoms with Crippen LogP contribution in [0, 0.1) is 11.3 Å². The maximum Gasteiger partial charge on any atom is 0.310 e. The molecule has 2 aliphatic rings. The highest BCUT2D eigenvalue weighted by Crippen LogP contribution is 2.39. The summed E-state index contributed by atoms with van der Waals surface area (Å²) >= 11 is 0. The van der Waals surface area contributed by atoms with Gasteiger partial charge in [0, 0.05) is 26.1 Å². The minimum atomic E-state index is -0.730. The number of carbonyl (C=O) groups is 1. The van der Waals surface area contributed by atoms with E-state index in [4.69, 9.17) is 9.26 Å². The average molecular weight is 294 g/mol. The Labute approximate surface area is 123 Å². The largest absolute Gasteiger partial charge is 0.481 e. The molecule has 21 heavy (non-hydrogen) atoms. The Hall–Kier alpha value is -1.43. The van der Waals surface area contributed by atoms with Crippen molar-refractivity contribution in [2.45, 2.75) is 51.4 Å². The fourth-order valence-electron chi connectivity index (χ4n) is 3.43. The molecule has 1 N–H and O–H groups in total. The Bertz CT molecular complexity index is 488. The van der Waals surface area contributed by atoms with Crippen molar-refractivity contribution < 1.29 is 19.2 Å². The van der Waals surface area contributed by atoms with Crippen molar-refractivity contribution in [1.82, 2.24) is 10.1 Å². The third-order valence-corrected chi connectivity index (χ3v) is 4.76. The van der Waals surface area contributed by atoms with Crippen LogP contribution in [-0.4, -0.2) is 34.4 Å². The van der Waals surface area contributed by atoms with Gasteiger partial charge in [0.15, 0.2) is 5.82 Å². The van der Waals surface area contributed by atoms with Crippen molar-refractivity contribution in [2.24, 2.45) is 11.3 Å². The Morgan fingerprint density at radius 1 is 1.33 bits per heavy atom. The highest BCUT2D eigenvalue weighted by atomic mass is 16.5. The number of ether oxygens (including phenoxy) is 1. The van der Waals surface area contributed by atoms with Gasteiger partial charge in [0.25, 0.3) is 0 Å². The second-order valence-electron chi connectivity index (χ2n) is 6.36. The molecule has 3 rings (SSSR count). The molecule has 1 aromatic rings. The van der Waals surface area contributed by atoms with E-state index in [1.165, 1.54) is 0 Å². The Morgan fingerprint density at radius 3 is 2.81 bits per heavy atom. The van der Waals surface area contributed by atoms with Crippen molar-refractivity contribution in [3.63, 3.8) is 0 Å². The van der Waals surface area contributed by atoms with Crippen LogP contribution in [-0.2, 0) is 22.4 Å². The van der Waals surface area contributed by atoms with Crippen LogP contribution in [0.1, 0.15) is 50.2 Å². The summed E-state index contributed by atoms with van der Waals surface area (Å²) in [6.07, 6.45) is 6.60. The zero-order chi connectivity index (χ0) is 14.7. The average Bonchev–Trinajstić information content (AvgIpc) is 3.12. The molecule has 1 saturated heterocycles. The van der Waals surface area contributed by atoms with Gasteiger partial charge in [-0.2, -0.15) is 4.98 Å². The quantitative estimate of drug-likeness (QED) is 0.896. The first kappa shape index (κ1) is 14.5. The van der Waals surface area contributed by atoms with Crippen LogP contribution >= 0.6 is 0 Å². The summed E-state index contributed by atoms with van der Waals surface area (Å²) in [6.45, 7) is 1.56. The van der Waals surface area contributed by atoms with Gasteiger partial charge >= 0.3 is 5.97 Å². The smallest absolute Gasteiger partial charge is 0.310 e. The molecule has 0 spiro atoms. The lowest BCUT2D eigenvalue weighted by Gasteiger charge is -2.31. The SMILES string of the molecule is O=C(O)C1(Cc2nc(CC3CCOC3)no2)CCCCC1. The van der Waals surface area contributed by atoms with Crippen LogP contribution in [0.5, 0.6) is 0 Å². The summed E-state index contributed by atoms with van der Waals surface area (Å²) in [6, 6.07) is 0. The summed E-state index contributed by atoms with van der Waals surface area (Å²) < 4.78 is 10.6. The molecule has 1 unspecified atom stereocenters. The van der Waals surface area contributed by atoms with E-state index in [1.807, 2.05) is 0 Å². The number of hydrogen-bond acceptors (Lipinski definition) is 5. The zero-order valence-electron chi connectivity index (χ0n) is 12.2. The third kappa shape index (κ3) is 3.26. The van der Waals surface area contributed by atoms with Gasteiger partial charge in [0.05, 0.1) is 5.41 Å². The Kier molecular flexibility index (Phi) is 4.24. The van der Waals surface area contributed by atoms with E-state index in [1.54, 1.807) is 0 Å². The van der Waals surface area contributed by atoms with Crippen LogP contribution in [0.3, 0.4) is 0 Å².